The number of amides is 1. The van der Waals surface area contributed by atoms with Gasteiger partial charge in [0.2, 0.25) is 5.91 Å². The summed E-state index contributed by atoms with van der Waals surface area (Å²) >= 11 is 0. The maximum Gasteiger partial charge on any atom is 0.224 e. The molecule has 0 saturated heterocycles. The van der Waals surface area contributed by atoms with Crippen LogP contribution in [0.4, 0.5) is 15.8 Å². The number of hydrogen-bond donors (Lipinski definition) is 2. The lowest BCUT2D eigenvalue weighted by atomic mass is 9.86. The van der Waals surface area contributed by atoms with E-state index in [1.165, 1.54) is 37.8 Å². The molecule has 0 heterocycles. The number of fused-ring (bicyclic) bond motifs is 2. The number of benzene rings is 1. The largest absolute Gasteiger partial charge is 0.399 e. The lowest BCUT2D eigenvalue weighted by Crippen LogP contribution is -2.20. The van der Waals surface area contributed by atoms with Crippen molar-refractivity contribution in [1.82, 2.24) is 0 Å². The molecule has 3 nitrogen and oxygen atoms in total. The van der Waals surface area contributed by atoms with Gasteiger partial charge in [0.1, 0.15) is 5.82 Å². The molecular formula is C15H19FN2O. The van der Waals surface area contributed by atoms with Crippen LogP contribution in [0.15, 0.2) is 18.2 Å². The number of carbonyl (C=O) groups is 1. The average Bonchev–Trinajstić information content (AvgIpc) is 2.95. The van der Waals surface area contributed by atoms with E-state index in [-0.39, 0.29) is 11.6 Å². The van der Waals surface area contributed by atoms with Crippen molar-refractivity contribution in [3.8, 4) is 0 Å². The predicted molar refractivity (Wildman–Crippen MR) is 73.0 cm³/mol. The van der Waals surface area contributed by atoms with Crippen molar-refractivity contribution in [3.05, 3.63) is 24.0 Å². The van der Waals surface area contributed by atoms with Crippen LogP contribution in [0.1, 0.15) is 32.1 Å². The van der Waals surface area contributed by atoms with E-state index in [4.69, 9.17) is 5.73 Å². The molecule has 0 aliphatic heterocycles. The van der Waals surface area contributed by atoms with Crippen molar-refractivity contribution in [3.63, 3.8) is 0 Å². The van der Waals surface area contributed by atoms with Gasteiger partial charge in [0.15, 0.2) is 0 Å². The summed E-state index contributed by atoms with van der Waals surface area (Å²) in [6.45, 7) is 0. The number of nitrogens with two attached hydrogens (primary N) is 1. The van der Waals surface area contributed by atoms with Crippen molar-refractivity contribution in [1.29, 1.82) is 0 Å². The minimum atomic E-state index is -0.471. The first-order valence-electron chi connectivity index (χ1n) is 6.96. The van der Waals surface area contributed by atoms with Crippen LogP contribution >= 0.6 is 0 Å². The van der Waals surface area contributed by atoms with E-state index in [0.29, 0.717) is 23.9 Å². The highest BCUT2D eigenvalue weighted by atomic mass is 19.1. The molecule has 0 radical (unpaired) electrons. The summed E-state index contributed by atoms with van der Waals surface area (Å²) < 4.78 is 13.6. The van der Waals surface area contributed by atoms with Gasteiger partial charge in [0.05, 0.1) is 5.69 Å². The number of hydrogen-bond acceptors (Lipinski definition) is 2. The topological polar surface area (TPSA) is 55.1 Å². The number of carbonyl (C=O) groups excluding carboxylic acids is 1. The zero-order valence-electron chi connectivity index (χ0n) is 10.9. The second-order valence-electron chi connectivity index (χ2n) is 5.93. The van der Waals surface area contributed by atoms with Crippen LogP contribution in [0.3, 0.4) is 0 Å². The Morgan fingerprint density at radius 3 is 2.84 bits per heavy atom. The van der Waals surface area contributed by atoms with Crippen LogP contribution in [0.2, 0.25) is 0 Å². The van der Waals surface area contributed by atoms with E-state index in [0.717, 1.165) is 5.92 Å². The zero-order valence-corrected chi connectivity index (χ0v) is 10.9. The fraction of sp³-hybridized carbons (Fsp3) is 0.533. The maximum absolute atomic E-state index is 13.6. The smallest absolute Gasteiger partial charge is 0.224 e. The Labute approximate surface area is 112 Å². The Kier molecular flexibility index (Phi) is 3.17. The molecule has 2 fully saturated rings. The molecule has 3 N–H and O–H groups in total. The minimum absolute atomic E-state index is 0.0822. The van der Waals surface area contributed by atoms with Crippen LogP contribution in [0, 0.1) is 23.6 Å². The van der Waals surface area contributed by atoms with Crippen LogP contribution in [0.5, 0.6) is 0 Å². The number of rotatable bonds is 3. The van der Waals surface area contributed by atoms with Gasteiger partial charge in [0, 0.05) is 12.1 Å². The molecule has 3 atom stereocenters. The number of nitrogens with one attached hydrogen (secondary N) is 1. The third-order valence-corrected chi connectivity index (χ3v) is 4.60. The quantitative estimate of drug-likeness (QED) is 0.822. The normalized spacial score (nSPS) is 28.6. The second kappa shape index (κ2) is 4.83. The molecule has 3 unspecified atom stereocenters. The zero-order chi connectivity index (χ0) is 13.4. The molecule has 19 heavy (non-hydrogen) atoms. The van der Waals surface area contributed by atoms with E-state index >= 15 is 0 Å². The van der Waals surface area contributed by atoms with Crippen LogP contribution in [-0.2, 0) is 4.79 Å². The summed E-state index contributed by atoms with van der Waals surface area (Å²) in [5.74, 6) is 1.49. The van der Waals surface area contributed by atoms with Crippen molar-refractivity contribution >= 4 is 17.3 Å². The van der Waals surface area contributed by atoms with Gasteiger partial charge in [-0.3, -0.25) is 4.79 Å². The average molecular weight is 262 g/mol. The molecule has 3 rings (SSSR count). The first kappa shape index (κ1) is 12.5. The van der Waals surface area contributed by atoms with Crippen molar-refractivity contribution in [2.75, 3.05) is 11.1 Å². The molecule has 1 aromatic rings. The highest BCUT2D eigenvalue weighted by Gasteiger charge is 2.40. The Hall–Kier alpha value is -1.58. The highest BCUT2D eigenvalue weighted by molar-refractivity contribution is 5.91. The summed E-state index contributed by atoms with van der Waals surface area (Å²) in [5, 5.41) is 2.65. The predicted octanol–water partition coefficient (Wildman–Crippen LogP) is 3.17. The van der Waals surface area contributed by atoms with Crippen LogP contribution in [-0.4, -0.2) is 5.91 Å². The van der Waals surface area contributed by atoms with Crippen LogP contribution in [0.25, 0.3) is 0 Å². The fourth-order valence-electron chi connectivity index (χ4n) is 3.70. The van der Waals surface area contributed by atoms with Crippen molar-refractivity contribution in [2.45, 2.75) is 32.1 Å². The molecule has 2 bridgehead atoms. The minimum Gasteiger partial charge on any atom is -0.399 e. The molecule has 1 aromatic carbocycles. The van der Waals surface area contributed by atoms with Gasteiger partial charge < -0.3 is 11.1 Å². The van der Waals surface area contributed by atoms with Gasteiger partial charge in [-0.1, -0.05) is 6.42 Å². The summed E-state index contributed by atoms with van der Waals surface area (Å²) in [5.41, 5.74) is 6.07. The molecule has 4 heteroatoms. The fourth-order valence-corrected chi connectivity index (χ4v) is 3.70. The Balaban J connectivity index is 1.59. The number of halogens is 1. The molecule has 102 valence electrons. The van der Waals surface area contributed by atoms with E-state index in [2.05, 4.69) is 5.32 Å². The molecule has 1 amide bonds. The maximum atomic E-state index is 13.6. The van der Waals surface area contributed by atoms with E-state index in [1.807, 2.05) is 0 Å². The lowest BCUT2D eigenvalue weighted by Gasteiger charge is -2.21. The van der Waals surface area contributed by atoms with E-state index < -0.39 is 5.82 Å². The third-order valence-electron chi connectivity index (χ3n) is 4.60. The second-order valence-corrected chi connectivity index (χ2v) is 5.93. The van der Waals surface area contributed by atoms with Gasteiger partial charge in [-0.25, -0.2) is 4.39 Å². The molecule has 0 spiro atoms. The molecular weight excluding hydrogens is 243 g/mol. The number of nitrogen functional groups attached to an aromatic ring is 1. The highest BCUT2D eigenvalue weighted by Crippen LogP contribution is 2.49. The summed E-state index contributed by atoms with van der Waals surface area (Å²) in [7, 11) is 0. The van der Waals surface area contributed by atoms with Gasteiger partial charge >= 0.3 is 0 Å². The van der Waals surface area contributed by atoms with Gasteiger partial charge in [-0.15, -0.1) is 0 Å². The standard InChI is InChI=1S/C15H19FN2O/c16-13-8-12(17)3-4-14(13)18-15(19)7-11-6-9-1-2-10(11)5-9/h3-4,8-11H,1-2,5-7,17H2,(H,18,19). The van der Waals surface area contributed by atoms with E-state index in [9.17, 15) is 9.18 Å². The monoisotopic (exact) mass is 262 g/mol. The lowest BCUT2D eigenvalue weighted by molar-refractivity contribution is -0.117. The van der Waals surface area contributed by atoms with Crippen LogP contribution < -0.4 is 11.1 Å². The summed E-state index contributed by atoms with van der Waals surface area (Å²) in [6, 6.07) is 4.34. The van der Waals surface area contributed by atoms with Gasteiger partial charge in [0.25, 0.3) is 0 Å². The molecule has 2 aliphatic carbocycles. The first-order chi connectivity index (χ1) is 9.11. The number of anilines is 2. The van der Waals surface area contributed by atoms with E-state index in [1.54, 1.807) is 6.07 Å². The Morgan fingerprint density at radius 1 is 1.37 bits per heavy atom. The van der Waals surface area contributed by atoms with Gasteiger partial charge in [-0.05, 0) is 55.2 Å². The molecule has 2 saturated carbocycles. The van der Waals surface area contributed by atoms with Gasteiger partial charge in [-0.2, -0.15) is 0 Å². The summed E-state index contributed by atoms with van der Waals surface area (Å²) in [6.07, 6.45) is 5.57. The SMILES string of the molecule is Nc1ccc(NC(=O)CC2CC3CCC2C3)c(F)c1. The molecule has 0 aromatic heterocycles. The van der Waals surface area contributed by atoms with Crippen molar-refractivity contribution < 1.29 is 9.18 Å². The third kappa shape index (κ3) is 2.57. The van der Waals surface area contributed by atoms with Crippen molar-refractivity contribution in [2.24, 2.45) is 17.8 Å². The summed E-state index contributed by atoms with van der Waals surface area (Å²) in [4.78, 5) is 12.0. The Morgan fingerprint density at radius 2 is 2.21 bits per heavy atom. The first-order valence-corrected chi connectivity index (χ1v) is 6.96. The molecule has 2 aliphatic rings. The Bertz CT molecular complexity index is 503.